The molecule has 6 rings (SSSR count). The molecule has 5 nitrogen and oxygen atoms in total. The maximum atomic E-state index is 13.5. The molecule has 1 aliphatic heterocycles. The first-order valence-corrected chi connectivity index (χ1v) is 14.8. The van der Waals surface area contributed by atoms with Crippen molar-refractivity contribution in [1.29, 1.82) is 0 Å². The average Bonchev–Trinajstić information content (AvgIpc) is 3.05. The molecule has 0 aliphatic carbocycles. The number of rotatable bonds is 8. The van der Waals surface area contributed by atoms with Gasteiger partial charge in [-0.1, -0.05) is 103 Å². The van der Waals surface area contributed by atoms with Crippen LogP contribution in [-0.2, 0) is 5.41 Å². The highest BCUT2D eigenvalue weighted by Gasteiger charge is 2.40. The van der Waals surface area contributed by atoms with Gasteiger partial charge >= 0.3 is 0 Å². The summed E-state index contributed by atoms with van der Waals surface area (Å²) in [5.41, 5.74) is 7.25. The summed E-state index contributed by atoms with van der Waals surface area (Å²) in [7, 11) is 0. The molecular formula is C39H34N2O3. The third kappa shape index (κ3) is 5.01. The molecule has 0 fully saturated rings. The van der Waals surface area contributed by atoms with Gasteiger partial charge in [0.25, 0.3) is 5.69 Å². The fourth-order valence-electron chi connectivity index (χ4n) is 6.67. The maximum Gasteiger partial charge on any atom is 0.269 e. The minimum absolute atomic E-state index is 0.0324. The summed E-state index contributed by atoms with van der Waals surface area (Å²) in [6, 6.07) is 44.3. The molecule has 0 saturated carbocycles. The van der Waals surface area contributed by atoms with E-state index in [0.29, 0.717) is 5.56 Å². The zero-order valence-corrected chi connectivity index (χ0v) is 25.1. The normalized spacial score (nSPS) is 14.0. The SMILES string of the molecule is CC1=CC(C)(C)N(CC(=O)c2ccc([N+](=O)[O-])cc2)c2ccc(C(c3ccccc3)(c3ccccc3)c3ccccc3)cc21. The van der Waals surface area contributed by atoms with Crippen LogP contribution in [0.1, 0.15) is 58.9 Å². The van der Waals surface area contributed by atoms with E-state index in [2.05, 4.69) is 123 Å². The highest BCUT2D eigenvalue weighted by Crippen LogP contribution is 2.48. The second-order valence-corrected chi connectivity index (χ2v) is 11.9. The summed E-state index contributed by atoms with van der Waals surface area (Å²) in [5, 5.41) is 11.1. The van der Waals surface area contributed by atoms with Crippen molar-refractivity contribution in [2.75, 3.05) is 11.4 Å². The Labute approximate surface area is 258 Å². The van der Waals surface area contributed by atoms with Crippen LogP contribution in [0.25, 0.3) is 5.57 Å². The molecule has 5 heteroatoms. The van der Waals surface area contributed by atoms with Crippen LogP contribution in [0.3, 0.4) is 0 Å². The van der Waals surface area contributed by atoms with E-state index >= 15 is 0 Å². The molecule has 5 aromatic carbocycles. The van der Waals surface area contributed by atoms with Crippen LogP contribution in [0.2, 0.25) is 0 Å². The summed E-state index contributed by atoms with van der Waals surface area (Å²) >= 11 is 0. The van der Waals surface area contributed by atoms with Gasteiger partial charge in [-0.3, -0.25) is 14.9 Å². The number of Topliss-reactive ketones (excluding diaryl/α,β-unsaturated/α-hetero) is 1. The minimum atomic E-state index is -0.578. The van der Waals surface area contributed by atoms with Gasteiger partial charge < -0.3 is 4.90 Å². The van der Waals surface area contributed by atoms with Crippen molar-refractivity contribution < 1.29 is 9.72 Å². The molecule has 44 heavy (non-hydrogen) atoms. The van der Waals surface area contributed by atoms with E-state index in [4.69, 9.17) is 0 Å². The molecule has 0 N–H and O–H groups in total. The number of hydrogen-bond acceptors (Lipinski definition) is 4. The number of non-ortho nitro benzene ring substituents is 1. The Morgan fingerprint density at radius 3 is 1.70 bits per heavy atom. The van der Waals surface area contributed by atoms with E-state index in [1.165, 1.54) is 41.0 Å². The summed E-state index contributed by atoms with van der Waals surface area (Å²) in [6.45, 7) is 6.49. The topological polar surface area (TPSA) is 63.5 Å². The van der Waals surface area contributed by atoms with Gasteiger partial charge in [-0.2, -0.15) is 0 Å². The number of nitro groups is 1. The van der Waals surface area contributed by atoms with E-state index in [1.807, 2.05) is 18.2 Å². The van der Waals surface area contributed by atoms with Crippen LogP contribution in [0, 0.1) is 10.1 Å². The van der Waals surface area contributed by atoms with E-state index in [9.17, 15) is 14.9 Å². The maximum absolute atomic E-state index is 13.5. The first kappa shape index (κ1) is 28.8. The Hall–Kier alpha value is -5.29. The van der Waals surface area contributed by atoms with Gasteiger partial charge in [0, 0.05) is 28.9 Å². The highest BCUT2D eigenvalue weighted by atomic mass is 16.6. The van der Waals surface area contributed by atoms with Crippen LogP contribution in [0.5, 0.6) is 0 Å². The summed E-state index contributed by atoms with van der Waals surface area (Å²) in [4.78, 5) is 26.3. The van der Waals surface area contributed by atoms with Crippen LogP contribution < -0.4 is 4.90 Å². The number of carbonyl (C=O) groups is 1. The van der Waals surface area contributed by atoms with Crippen LogP contribution >= 0.6 is 0 Å². The number of benzene rings is 5. The van der Waals surface area contributed by atoms with Gasteiger partial charge in [-0.25, -0.2) is 0 Å². The van der Waals surface area contributed by atoms with Gasteiger partial charge in [0.2, 0.25) is 0 Å². The average molecular weight is 579 g/mol. The van der Waals surface area contributed by atoms with Crippen molar-refractivity contribution in [3.63, 3.8) is 0 Å². The molecule has 0 saturated heterocycles. The van der Waals surface area contributed by atoms with Crippen LogP contribution in [-0.4, -0.2) is 22.8 Å². The third-order valence-electron chi connectivity index (χ3n) is 8.73. The molecule has 0 amide bonds. The fraction of sp³-hybridized carbons (Fsp3) is 0.154. The van der Waals surface area contributed by atoms with Gasteiger partial charge in [0.1, 0.15) is 0 Å². The zero-order chi connectivity index (χ0) is 30.9. The molecule has 1 aliphatic rings. The minimum Gasteiger partial charge on any atom is -0.355 e. The lowest BCUT2D eigenvalue weighted by molar-refractivity contribution is -0.384. The van der Waals surface area contributed by atoms with Crippen molar-refractivity contribution >= 4 is 22.7 Å². The second kappa shape index (κ2) is 11.4. The smallest absolute Gasteiger partial charge is 0.269 e. The van der Waals surface area contributed by atoms with E-state index in [0.717, 1.165) is 22.4 Å². The standard InChI is InChI=1S/C39H34N2O3/c1-28-26-38(2,3)40(27-37(42)29-19-22-34(23-20-29)41(43)44)36-24-21-33(25-35(28)36)39(30-13-7-4-8-14-30,31-15-9-5-10-16-31)32-17-11-6-12-18-32/h4-26H,27H2,1-3H3. The second-order valence-electron chi connectivity index (χ2n) is 11.9. The summed E-state index contributed by atoms with van der Waals surface area (Å²) in [6.07, 6.45) is 2.22. The Balaban J connectivity index is 1.51. The molecule has 0 aromatic heterocycles. The molecule has 1 heterocycles. The van der Waals surface area contributed by atoms with Crippen LogP contribution in [0.4, 0.5) is 11.4 Å². The number of hydrogen-bond donors (Lipinski definition) is 0. The number of nitro benzene ring substituents is 1. The van der Waals surface area contributed by atoms with E-state index in [1.54, 1.807) is 0 Å². The van der Waals surface area contributed by atoms with Gasteiger partial charge in [0.05, 0.1) is 22.4 Å². The molecule has 0 atom stereocenters. The number of fused-ring (bicyclic) bond motifs is 1. The van der Waals surface area contributed by atoms with Crippen molar-refractivity contribution in [3.05, 3.63) is 183 Å². The summed E-state index contributed by atoms with van der Waals surface area (Å²) in [5.74, 6) is -0.0943. The van der Waals surface area contributed by atoms with Gasteiger partial charge in [-0.05, 0) is 72.9 Å². The Morgan fingerprint density at radius 2 is 1.23 bits per heavy atom. The molecule has 0 unspecified atom stereocenters. The fourth-order valence-corrected chi connectivity index (χ4v) is 6.67. The Bertz CT molecular complexity index is 1750. The number of anilines is 1. The Morgan fingerprint density at radius 1 is 0.727 bits per heavy atom. The van der Waals surface area contributed by atoms with E-state index in [-0.39, 0.29) is 18.0 Å². The monoisotopic (exact) mass is 578 g/mol. The Kier molecular flexibility index (Phi) is 7.48. The van der Waals surface area contributed by atoms with Crippen LogP contribution in [0.15, 0.2) is 140 Å². The number of allylic oxidation sites excluding steroid dienone is 1. The first-order chi connectivity index (χ1) is 21.2. The lowest BCUT2D eigenvalue weighted by atomic mass is 9.64. The molecule has 0 spiro atoms. The van der Waals surface area contributed by atoms with E-state index < -0.39 is 15.9 Å². The predicted molar refractivity (Wildman–Crippen MR) is 177 cm³/mol. The highest BCUT2D eigenvalue weighted by molar-refractivity contribution is 6.00. The zero-order valence-electron chi connectivity index (χ0n) is 25.1. The van der Waals surface area contributed by atoms with Gasteiger partial charge in [0.15, 0.2) is 5.78 Å². The quantitative estimate of drug-likeness (QED) is 0.0798. The largest absolute Gasteiger partial charge is 0.355 e. The summed E-state index contributed by atoms with van der Waals surface area (Å²) < 4.78 is 0. The molecular weight excluding hydrogens is 544 g/mol. The number of carbonyl (C=O) groups excluding carboxylic acids is 1. The number of nitrogens with zero attached hydrogens (tertiary/aromatic N) is 2. The predicted octanol–water partition coefficient (Wildman–Crippen LogP) is 8.86. The number of ketones is 1. The van der Waals surface area contributed by atoms with Crippen molar-refractivity contribution in [2.45, 2.75) is 31.7 Å². The van der Waals surface area contributed by atoms with Crippen molar-refractivity contribution in [2.24, 2.45) is 0 Å². The molecule has 0 radical (unpaired) electrons. The molecule has 5 aromatic rings. The van der Waals surface area contributed by atoms with Gasteiger partial charge in [-0.15, -0.1) is 0 Å². The van der Waals surface area contributed by atoms with Crippen molar-refractivity contribution in [3.8, 4) is 0 Å². The molecule has 218 valence electrons. The lowest BCUT2D eigenvalue weighted by Gasteiger charge is -2.44. The lowest BCUT2D eigenvalue weighted by Crippen LogP contribution is -2.47. The molecule has 0 bridgehead atoms. The van der Waals surface area contributed by atoms with Crippen molar-refractivity contribution in [1.82, 2.24) is 0 Å². The first-order valence-electron chi connectivity index (χ1n) is 14.8. The third-order valence-corrected chi connectivity index (χ3v) is 8.73.